The third-order valence-corrected chi connectivity index (χ3v) is 5.49. The normalized spacial score (nSPS) is 11.5. The summed E-state index contributed by atoms with van der Waals surface area (Å²) in [5.41, 5.74) is 2.71. The lowest BCUT2D eigenvalue weighted by Gasteiger charge is -2.05. The molecular formula is C18H16N2O2S2. The quantitative estimate of drug-likeness (QED) is 0.432. The largest absolute Gasteiger partial charge is 0.313 e. The standard InChI is InChI=1S/C18H16N2O2S2/c1-10-8-12(9-19-11(10)2)4-5-14(21)15-16(23-3)13-6-7-24-18(13)20-17(15)22/h4-9H,1-3H3,(H,20,22)/b5-4+. The zero-order valence-electron chi connectivity index (χ0n) is 13.5. The van der Waals surface area contributed by atoms with E-state index in [2.05, 4.69) is 9.97 Å². The Morgan fingerprint density at radius 3 is 2.88 bits per heavy atom. The van der Waals surface area contributed by atoms with Crippen molar-refractivity contribution in [1.29, 1.82) is 0 Å². The number of nitrogens with zero attached hydrogens (tertiary/aromatic N) is 1. The van der Waals surface area contributed by atoms with Gasteiger partial charge in [-0.05, 0) is 60.9 Å². The van der Waals surface area contributed by atoms with Gasteiger partial charge in [0.05, 0.1) is 0 Å². The van der Waals surface area contributed by atoms with Gasteiger partial charge in [0.1, 0.15) is 10.4 Å². The molecule has 24 heavy (non-hydrogen) atoms. The second-order valence-corrected chi connectivity index (χ2v) is 7.13. The summed E-state index contributed by atoms with van der Waals surface area (Å²) >= 11 is 2.88. The van der Waals surface area contributed by atoms with Crippen LogP contribution in [0.15, 0.2) is 39.5 Å². The average molecular weight is 356 g/mol. The number of carbonyl (C=O) groups is 1. The molecule has 3 aromatic heterocycles. The smallest absolute Gasteiger partial charge is 0.261 e. The summed E-state index contributed by atoms with van der Waals surface area (Å²) in [6.07, 6.45) is 6.73. The van der Waals surface area contributed by atoms with Gasteiger partial charge in [-0.25, -0.2) is 0 Å². The van der Waals surface area contributed by atoms with Crippen LogP contribution in [0.5, 0.6) is 0 Å². The Labute approximate surface area is 147 Å². The van der Waals surface area contributed by atoms with E-state index < -0.39 is 0 Å². The molecule has 0 radical (unpaired) electrons. The van der Waals surface area contributed by atoms with E-state index in [1.165, 1.54) is 29.2 Å². The van der Waals surface area contributed by atoms with Crippen molar-refractivity contribution in [2.45, 2.75) is 18.7 Å². The molecule has 0 unspecified atom stereocenters. The Balaban J connectivity index is 2.02. The van der Waals surface area contributed by atoms with E-state index in [4.69, 9.17) is 0 Å². The summed E-state index contributed by atoms with van der Waals surface area (Å²) in [6.45, 7) is 3.91. The molecule has 0 saturated heterocycles. The fraction of sp³-hybridized carbons (Fsp3) is 0.167. The number of hydrogen-bond acceptors (Lipinski definition) is 5. The van der Waals surface area contributed by atoms with Crippen molar-refractivity contribution >= 4 is 45.2 Å². The molecule has 0 aliphatic rings. The zero-order valence-corrected chi connectivity index (χ0v) is 15.2. The molecule has 0 aromatic carbocycles. The monoisotopic (exact) mass is 356 g/mol. The maximum atomic E-state index is 12.6. The molecule has 0 fully saturated rings. The molecular weight excluding hydrogens is 340 g/mol. The molecule has 3 aromatic rings. The number of hydrogen-bond donors (Lipinski definition) is 1. The molecule has 0 aliphatic heterocycles. The number of nitrogens with one attached hydrogen (secondary N) is 1. The van der Waals surface area contributed by atoms with Gasteiger partial charge in [-0.3, -0.25) is 14.6 Å². The number of aryl methyl sites for hydroxylation is 2. The molecule has 0 aliphatic carbocycles. The minimum Gasteiger partial charge on any atom is -0.313 e. The van der Waals surface area contributed by atoms with E-state index in [9.17, 15) is 9.59 Å². The van der Waals surface area contributed by atoms with Crippen LogP contribution in [0.1, 0.15) is 27.2 Å². The molecule has 3 rings (SSSR count). The first-order valence-corrected chi connectivity index (χ1v) is 9.45. The second kappa shape index (κ2) is 6.75. The first kappa shape index (κ1) is 16.7. The summed E-state index contributed by atoms with van der Waals surface area (Å²) in [6, 6.07) is 3.89. The van der Waals surface area contributed by atoms with E-state index >= 15 is 0 Å². The average Bonchev–Trinajstić information content (AvgIpc) is 3.02. The van der Waals surface area contributed by atoms with Crippen LogP contribution in [0, 0.1) is 13.8 Å². The molecule has 4 nitrogen and oxygen atoms in total. The minimum atomic E-state index is -0.345. The van der Waals surface area contributed by atoms with Gasteiger partial charge in [-0.15, -0.1) is 23.1 Å². The number of pyridine rings is 2. The maximum absolute atomic E-state index is 12.6. The molecule has 0 saturated carbocycles. The van der Waals surface area contributed by atoms with Crippen molar-refractivity contribution in [2.75, 3.05) is 6.26 Å². The molecule has 6 heteroatoms. The molecule has 0 bridgehead atoms. The van der Waals surface area contributed by atoms with Gasteiger partial charge in [0.2, 0.25) is 0 Å². The van der Waals surface area contributed by atoms with E-state index in [1.807, 2.05) is 37.6 Å². The second-order valence-electron chi connectivity index (χ2n) is 5.39. The number of thiophene rings is 1. The van der Waals surface area contributed by atoms with E-state index in [0.717, 1.165) is 31.9 Å². The van der Waals surface area contributed by atoms with Crippen molar-refractivity contribution in [1.82, 2.24) is 9.97 Å². The minimum absolute atomic E-state index is 0.196. The highest BCUT2D eigenvalue weighted by atomic mass is 32.2. The summed E-state index contributed by atoms with van der Waals surface area (Å²) in [5, 5.41) is 2.82. The summed E-state index contributed by atoms with van der Waals surface area (Å²) < 4.78 is 0. The number of fused-ring (bicyclic) bond motifs is 1. The Kier molecular flexibility index (Phi) is 4.69. The molecule has 122 valence electrons. The van der Waals surface area contributed by atoms with Gasteiger partial charge in [0.25, 0.3) is 5.56 Å². The number of aromatic amines is 1. The van der Waals surface area contributed by atoms with Crippen LogP contribution in [0.3, 0.4) is 0 Å². The van der Waals surface area contributed by atoms with Gasteiger partial charge in [0, 0.05) is 22.2 Å². The van der Waals surface area contributed by atoms with Crippen LogP contribution in [-0.2, 0) is 0 Å². The van der Waals surface area contributed by atoms with E-state index in [1.54, 1.807) is 12.3 Å². The Hall–Kier alpha value is -2.18. The Bertz CT molecular complexity index is 1020. The topological polar surface area (TPSA) is 62.8 Å². The highest BCUT2D eigenvalue weighted by molar-refractivity contribution is 7.99. The number of aromatic nitrogens is 2. The lowest BCUT2D eigenvalue weighted by molar-refractivity contribution is 0.104. The number of ketones is 1. The molecule has 0 spiro atoms. The van der Waals surface area contributed by atoms with Crippen molar-refractivity contribution in [3.05, 3.63) is 62.5 Å². The van der Waals surface area contributed by atoms with E-state index in [0.29, 0.717) is 0 Å². The number of H-pyrrole nitrogens is 1. The fourth-order valence-electron chi connectivity index (χ4n) is 2.44. The summed E-state index contributed by atoms with van der Waals surface area (Å²) in [7, 11) is 0. The van der Waals surface area contributed by atoms with Crippen LogP contribution >= 0.6 is 23.1 Å². The van der Waals surface area contributed by atoms with Crippen molar-refractivity contribution in [2.24, 2.45) is 0 Å². The highest BCUT2D eigenvalue weighted by Crippen LogP contribution is 2.30. The van der Waals surface area contributed by atoms with Crippen LogP contribution in [0.2, 0.25) is 0 Å². The first-order chi connectivity index (χ1) is 11.5. The van der Waals surface area contributed by atoms with Crippen LogP contribution in [0.25, 0.3) is 16.3 Å². The van der Waals surface area contributed by atoms with Gasteiger partial charge in [-0.2, -0.15) is 0 Å². The Morgan fingerprint density at radius 2 is 2.17 bits per heavy atom. The highest BCUT2D eigenvalue weighted by Gasteiger charge is 2.17. The van der Waals surface area contributed by atoms with Crippen molar-refractivity contribution < 1.29 is 4.79 Å². The van der Waals surface area contributed by atoms with Crippen molar-refractivity contribution in [3.63, 3.8) is 0 Å². The summed E-state index contributed by atoms with van der Waals surface area (Å²) in [5.74, 6) is -0.299. The SMILES string of the molecule is CSc1c(C(=O)/C=C/c2cnc(C)c(C)c2)c(=O)[nH]c2sccc12. The predicted octanol–water partition coefficient (Wildman–Crippen LogP) is 4.22. The number of thioether (sulfide) groups is 1. The molecule has 1 N–H and O–H groups in total. The molecule has 3 heterocycles. The van der Waals surface area contributed by atoms with Gasteiger partial charge >= 0.3 is 0 Å². The van der Waals surface area contributed by atoms with Gasteiger partial charge in [0.15, 0.2) is 5.78 Å². The Morgan fingerprint density at radius 1 is 1.38 bits per heavy atom. The molecule has 0 amide bonds. The summed E-state index contributed by atoms with van der Waals surface area (Å²) in [4.78, 5) is 33.5. The van der Waals surface area contributed by atoms with Gasteiger partial charge < -0.3 is 4.98 Å². The number of allylic oxidation sites excluding steroid dienone is 1. The maximum Gasteiger partial charge on any atom is 0.261 e. The third kappa shape index (κ3) is 3.07. The lowest BCUT2D eigenvalue weighted by atomic mass is 10.1. The molecule has 0 atom stereocenters. The predicted molar refractivity (Wildman–Crippen MR) is 101 cm³/mol. The third-order valence-electron chi connectivity index (χ3n) is 3.83. The van der Waals surface area contributed by atoms with Crippen LogP contribution in [-0.4, -0.2) is 22.0 Å². The fourth-order valence-corrected chi connectivity index (χ4v) is 4.08. The zero-order chi connectivity index (χ0) is 17.3. The lowest BCUT2D eigenvalue weighted by Crippen LogP contribution is -2.17. The number of carbonyl (C=O) groups excluding carboxylic acids is 1. The van der Waals surface area contributed by atoms with Crippen molar-refractivity contribution in [3.8, 4) is 0 Å². The van der Waals surface area contributed by atoms with E-state index in [-0.39, 0.29) is 16.9 Å². The van der Waals surface area contributed by atoms with Crippen LogP contribution < -0.4 is 5.56 Å². The van der Waals surface area contributed by atoms with Gasteiger partial charge in [-0.1, -0.05) is 0 Å². The number of rotatable bonds is 4. The first-order valence-electron chi connectivity index (χ1n) is 7.34. The van der Waals surface area contributed by atoms with Crippen LogP contribution in [0.4, 0.5) is 0 Å².